The lowest BCUT2D eigenvalue weighted by molar-refractivity contribution is -0.169. The predicted octanol–water partition coefficient (Wildman–Crippen LogP) is 5.61. The van der Waals surface area contributed by atoms with Crippen LogP contribution in [0.5, 0.6) is 5.75 Å². The first kappa shape index (κ1) is 26.6. The maximum atomic E-state index is 13.0. The second-order valence-corrected chi connectivity index (χ2v) is 9.51. The van der Waals surface area contributed by atoms with E-state index >= 15 is 0 Å². The fourth-order valence-electron chi connectivity index (χ4n) is 4.58. The molecule has 1 unspecified atom stereocenters. The SMILES string of the molecule is CCc1nc(C(=O)NCC2CCC(C)CC2)c(C#N)n1-c1ccc(CC(C)C(F)(F)F)cc1OC. The smallest absolute Gasteiger partial charge is 0.391 e. The highest BCUT2D eigenvalue weighted by Crippen LogP contribution is 2.33. The van der Waals surface area contributed by atoms with Crippen molar-refractivity contribution in [3.05, 3.63) is 41.0 Å². The first-order valence-electron chi connectivity index (χ1n) is 12.1. The minimum atomic E-state index is -4.29. The van der Waals surface area contributed by atoms with Crippen LogP contribution in [0.3, 0.4) is 0 Å². The average Bonchev–Trinajstić information content (AvgIpc) is 3.21. The molecule has 1 atom stereocenters. The lowest BCUT2D eigenvalue weighted by Gasteiger charge is -2.26. The van der Waals surface area contributed by atoms with Crippen LogP contribution in [0.2, 0.25) is 0 Å². The third-order valence-electron chi connectivity index (χ3n) is 6.86. The maximum Gasteiger partial charge on any atom is 0.391 e. The molecule has 190 valence electrons. The van der Waals surface area contributed by atoms with E-state index in [2.05, 4.69) is 23.3 Å². The molecule has 9 heteroatoms. The molecule has 1 heterocycles. The Kier molecular flexibility index (Phi) is 8.47. The summed E-state index contributed by atoms with van der Waals surface area (Å²) in [4.78, 5) is 17.4. The molecule has 3 rings (SSSR count). The van der Waals surface area contributed by atoms with Gasteiger partial charge in [-0.1, -0.05) is 39.7 Å². The van der Waals surface area contributed by atoms with Crippen LogP contribution in [0.4, 0.5) is 13.2 Å². The number of benzene rings is 1. The van der Waals surface area contributed by atoms with Crippen LogP contribution in [0, 0.1) is 29.1 Å². The lowest BCUT2D eigenvalue weighted by Crippen LogP contribution is -2.31. The van der Waals surface area contributed by atoms with Crippen LogP contribution in [0.25, 0.3) is 5.69 Å². The normalized spacial score (nSPS) is 19.1. The summed E-state index contributed by atoms with van der Waals surface area (Å²) >= 11 is 0. The highest BCUT2D eigenvalue weighted by molar-refractivity contribution is 5.94. The van der Waals surface area contributed by atoms with Gasteiger partial charge in [-0.15, -0.1) is 0 Å². The van der Waals surface area contributed by atoms with E-state index in [0.717, 1.165) is 32.6 Å². The van der Waals surface area contributed by atoms with Crippen LogP contribution in [-0.4, -0.2) is 35.3 Å². The molecular formula is C26H33F3N4O2. The topological polar surface area (TPSA) is 79.9 Å². The number of nitrogens with zero attached hydrogens (tertiary/aromatic N) is 3. The molecule has 1 aliphatic rings. The summed E-state index contributed by atoms with van der Waals surface area (Å²) < 4.78 is 46.1. The van der Waals surface area contributed by atoms with Gasteiger partial charge >= 0.3 is 6.18 Å². The average molecular weight is 491 g/mol. The van der Waals surface area contributed by atoms with Crippen LogP contribution in [0.15, 0.2) is 18.2 Å². The Morgan fingerprint density at radius 3 is 2.57 bits per heavy atom. The first-order chi connectivity index (χ1) is 16.6. The summed E-state index contributed by atoms with van der Waals surface area (Å²) in [5.74, 6) is 0.0304. The summed E-state index contributed by atoms with van der Waals surface area (Å²) in [6.07, 6.45) is 0.390. The number of aromatic nitrogens is 2. The Balaban J connectivity index is 1.89. The fraction of sp³-hybridized carbons (Fsp3) is 0.577. The number of imidazole rings is 1. The van der Waals surface area contributed by atoms with Gasteiger partial charge in [0.05, 0.1) is 18.7 Å². The number of methoxy groups -OCH3 is 1. The van der Waals surface area contributed by atoms with Crippen molar-refractivity contribution < 1.29 is 22.7 Å². The summed E-state index contributed by atoms with van der Waals surface area (Å²) in [5, 5.41) is 12.9. The van der Waals surface area contributed by atoms with Crippen molar-refractivity contribution in [2.45, 2.75) is 65.5 Å². The van der Waals surface area contributed by atoms with Gasteiger partial charge in [-0.25, -0.2) is 4.98 Å². The molecule has 0 bridgehead atoms. The largest absolute Gasteiger partial charge is 0.495 e. The van der Waals surface area contributed by atoms with E-state index in [1.54, 1.807) is 22.8 Å². The van der Waals surface area contributed by atoms with Gasteiger partial charge in [-0.3, -0.25) is 9.36 Å². The number of amides is 1. The number of hydrogen-bond donors (Lipinski definition) is 1. The number of carbonyl (C=O) groups is 1. The third kappa shape index (κ3) is 6.16. The standard InChI is InChI=1S/C26H33F3N4O2/c1-5-23-32-24(25(34)31-15-18-8-6-16(2)7-9-18)21(14-30)33(23)20-11-10-19(13-22(20)35-4)12-17(3)26(27,28)29/h10-11,13,16-18H,5-9,12,15H2,1-4H3,(H,31,34). The minimum absolute atomic E-state index is 0.0466. The van der Waals surface area contributed by atoms with Gasteiger partial charge in [-0.2, -0.15) is 18.4 Å². The number of aryl methyl sites for hydroxylation is 1. The monoisotopic (exact) mass is 490 g/mol. The van der Waals surface area contributed by atoms with Crippen molar-refractivity contribution in [1.29, 1.82) is 5.26 Å². The molecule has 1 amide bonds. The summed E-state index contributed by atoms with van der Waals surface area (Å²) in [6, 6.07) is 6.84. The van der Waals surface area contributed by atoms with Gasteiger partial charge < -0.3 is 10.1 Å². The van der Waals surface area contributed by atoms with Gasteiger partial charge in [0.1, 0.15) is 17.6 Å². The maximum absolute atomic E-state index is 13.0. The van der Waals surface area contributed by atoms with Gasteiger partial charge in [0.2, 0.25) is 0 Å². The second kappa shape index (κ2) is 11.1. The van der Waals surface area contributed by atoms with Gasteiger partial charge in [0.15, 0.2) is 11.4 Å². The summed E-state index contributed by atoms with van der Waals surface area (Å²) in [5.41, 5.74) is 1.04. The molecule has 0 spiro atoms. The number of ether oxygens (including phenoxy) is 1. The van der Waals surface area contributed by atoms with Crippen molar-refractivity contribution in [3.8, 4) is 17.5 Å². The first-order valence-corrected chi connectivity index (χ1v) is 12.1. The van der Waals surface area contributed by atoms with E-state index in [0.29, 0.717) is 47.6 Å². The molecule has 1 N–H and O–H groups in total. The van der Waals surface area contributed by atoms with E-state index in [1.807, 2.05) is 6.92 Å². The summed E-state index contributed by atoms with van der Waals surface area (Å²) in [7, 11) is 1.42. The Morgan fingerprint density at radius 2 is 2.00 bits per heavy atom. The zero-order chi connectivity index (χ0) is 25.8. The molecule has 0 radical (unpaired) electrons. The Labute approximate surface area is 204 Å². The Bertz CT molecular complexity index is 1080. The van der Waals surface area contributed by atoms with E-state index < -0.39 is 18.0 Å². The predicted molar refractivity (Wildman–Crippen MR) is 127 cm³/mol. The fourth-order valence-corrected chi connectivity index (χ4v) is 4.58. The number of carbonyl (C=O) groups excluding carboxylic acids is 1. The van der Waals surface area contributed by atoms with Gasteiger partial charge in [-0.05, 0) is 48.8 Å². The van der Waals surface area contributed by atoms with Crippen molar-refractivity contribution in [3.63, 3.8) is 0 Å². The molecule has 0 aliphatic heterocycles. The lowest BCUT2D eigenvalue weighted by atomic mass is 9.83. The Hall–Kier alpha value is -3.02. The zero-order valence-electron chi connectivity index (χ0n) is 20.7. The molecule has 1 aromatic carbocycles. The molecular weight excluding hydrogens is 457 g/mol. The number of alkyl halides is 3. The molecule has 1 aromatic heterocycles. The number of hydrogen-bond acceptors (Lipinski definition) is 4. The van der Waals surface area contributed by atoms with Crippen molar-refractivity contribution >= 4 is 5.91 Å². The van der Waals surface area contributed by atoms with Gasteiger partial charge in [0.25, 0.3) is 5.91 Å². The van der Waals surface area contributed by atoms with Crippen LogP contribution < -0.4 is 10.1 Å². The van der Waals surface area contributed by atoms with Gasteiger partial charge in [0, 0.05) is 13.0 Å². The van der Waals surface area contributed by atoms with Crippen LogP contribution in [0.1, 0.15) is 74.0 Å². The number of nitriles is 1. The molecule has 1 fully saturated rings. The number of rotatable bonds is 8. The minimum Gasteiger partial charge on any atom is -0.495 e. The third-order valence-corrected chi connectivity index (χ3v) is 6.86. The number of halogens is 3. The molecule has 1 saturated carbocycles. The highest BCUT2D eigenvalue weighted by Gasteiger charge is 2.36. The quantitative estimate of drug-likeness (QED) is 0.522. The molecule has 35 heavy (non-hydrogen) atoms. The summed E-state index contributed by atoms with van der Waals surface area (Å²) in [6.45, 7) is 5.78. The molecule has 6 nitrogen and oxygen atoms in total. The van der Waals surface area contributed by atoms with E-state index in [4.69, 9.17) is 4.74 Å². The van der Waals surface area contributed by atoms with Crippen LogP contribution in [-0.2, 0) is 12.8 Å². The van der Waals surface area contributed by atoms with Crippen molar-refractivity contribution in [2.75, 3.05) is 13.7 Å². The highest BCUT2D eigenvalue weighted by atomic mass is 19.4. The number of nitrogens with one attached hydrogen (secondary N) is 1. The van der Waals surface area contributed by atoms with E-state index in [1.165, 1.54) is 7.11 Å². The van der Waals surface area contributed by atoms with E-state index in [-0.39, 0.29) is 17.8 Å². The van der Waals surface area contributed by atoms with Crippen molar-refractivity contribution in [1.82, 2.24) is 14.9 Å². The Morgan fingerprint density at radius 1 is 1.31 bits per heavy atom. The molecule has 0 saturated heterocycles. The zero-order valence-corrected chi connectivity index (χ0v) is 20.7. The van der Waals surface area contributed by atoms with Crippen LogP contribution >= 0.6 is 0 Å². The molecule has 2 aromatic rings. The second-order valence-electron chi connectivity index (χ2n) is 9.51. The van der Waals surface area contributed by atoms with Crippen molar-refractivity contribution in [2.24, 2.45) is 17.8 Å². The molecule has 1 aliphatic carbocycles. The van der Waals surface area contributed by atoms with E-state index in [9.17, 15) is 23.2 Å².